The Morgan fingerprint density at radius 1 is 0.780 bits per heavy atom. The predicted octanol–water partition coefficient (Wildman–Crippen LogP) is 11.1. The molecule has 4 heteroatoms. The van der Waals surface area contributed by atoms with Gasteiger partial charge in [-0.15, -0.1) is 11.8 Å². The molecular formula is C46H37N3S. The van der Waals surface area contributed by atoms with Crippen molar-refractivity contribution in [3.8, 4) is 11.1 Å². The van der Waals surface area contributed by atoms with Crippen LogP contribution in [0.25, 0.3) is 33.8 Å². The molecule has 4 unspecified atom stereocenters. The zero-order valence-corrected chi connectivity index (χ0v) is 28.6. The van der Waals surface area contributed by atoms with Crippen LogP contribution in [-0.4, -0.2) is 15.5 Å². The maximum absolute atomic E-state index is 5.31. The Bertz CT molecular complexity index is 2360. The second-order valence-electron chi connectivity index (χ2n) is 13.7. The largest absolute Gasteiger partial charge is 0.363 e. The average molecular weight is 664 g/mol. The summed E-state index contributed by atoms with van der Waals surface area (Å²) in [5, 5.41) is 5.59. The Morgan fingerprint density at radius 3 is 2.48 bits per heavy atom. The molecule has 2 aliphatic heterocycles. The van der Waals surface area contributed by atoms with E-state index in [-0.39, 0.29) is 12.1 Å². The number of rotatable bonds is 5. The summed E-state index contributed by atoms with van der Waals surface area (Å²) in [6, 6.07) is 37.4. The van der Waals surface area contributed by atoms with Crippen molar-refractivity contribution in [3.05, 3.63) is 185 Å². The third-order valence-electron chi connectivity index (χ3n) is 10.8. The van der Waals surface area contributed by atoms with Gasteiger partial charge >= 0.3 is 0 Å². The van der Waals surface area contributed by atoms with Gasteiger partial charge in [0, 0.05) is 51.2 Å². The van der Waals surface area contributed by atoms with Crippen LogP contribution >= 0.6 is 11.8 Å². The molecule has 0 bridgehead atoms. The van der Waals surface area contributed by atoms with E-state index in [1.165, 1.54) is 66.3 Å². The molecule has 5 aromatic rings. The van der Waals surface area contributed by atoms with Crippen LogP contribution in [0.5, 0.6) is 0 Å². The van der Waals surface area contributed by atoms with Gasteiger partial charge in [0.05, 0.1) is 16.5 Å². The van der Waals surface area contributed by atoms with E-state index in [0.717, 1.165) is 25.0 Å². The standard InChI is InChI=1S/C46H37N3S/c1-3-12-30(13-4-1)31-22-24-33(25-23-31)46-47-39(32-14-5-2-6-15-32)29-40(48-46)34-26-27-36-35-16-7-9-19-41(35)49(43(36)28-34)42-20-11-18-38-37-17-8-10-21-44(37)50-45(38)42/h1,3-5,7-27,29,34,38,45-46,48H,2,6,28H2. The molecule has 5 aliphatic rings. The third kappa shape index (κ3) is 5.01. The minimum absolute atomic E-state index is 0.160. The monoisotopic (exact) mass is 663 g/mol. The predicted molar refractivity (Wildman–Crippen MR) is 210 cm³/mol. The zero-order valence-electron chi connectivity index (χ0n) is 27.7. The van der Waals surface area contributed by atoms with Crippen LogP contribution in [0.1, 0.15) is 47.3 Å². The van der Waals surface area contributed by atoms with E-state index in [1.54, 1.807) is 0 Å². The van der Waals surface area contributed by atoms with E-state index in [1.807, 2.05) is 11.8 Å². The average Bonchev–Trinajstić information content (AvgIpc) is 3.74. The second kappa shape index (κ2) is 12.2. The summed E-state index contributed by atoms with van der Waals surface area (Å²) < 4.78 is 2.60. The van der Waals surface area contributed by atoms with Crippen LogP contribution < -0.4 is 5.32 Å². The van der Waals surface area contributed by atoms with E-state index >= 15 is 0 Å². The lowest BCUT2D eigenvalue weighted by molar-refractivity contribution is 0.551. The van der Waals surface area contributed by atoms with E-state index in [9.17, 15) is 0 Å². The Balaban J connectivity index is 1.02. The van der Waals surface area contributed by atoms with Crippen molar-refractivity contribution in [1.29, 1.82) is 0 Å². The number of hydrogen-bond donors (Lipinski definition) is 1. The van der Waals surface area contributed by atoms with Gasteiger partial charge in [-0.2, -0.15) is 0 Å². The lowest BCUT2D eigenvalue weighted by Gasteiger charge is -2.31. The SMILES string of the molecule is C1=CC2c3ccccc3SC2C(n2c3c(c4ccccc42)C=CC(C2=CC(C4=CCCC=C4)=NC(c4ccc(-c5ccccc5)cc4)N2)C3)=C1. The molecule has 3 aliphatic carbocycles. The smallest absolute Gasteiger partial charge is 0.145 e. The number of nitrogens with one attached hydrogen (secondary N) is 1. The Kier molecular flexibility index (Phi) is 7.23. The summed E-state index contributed by atoms with van der Waals surface area (Å²) in [7, 11) is 0. The number of benzene rings is 4. The molecule has 4 aromatic carbocycles. The molecule has 0 radical (unpaired) electrons. The molecule has 0 amide bonds. The van der Waals surface area contributed by atoms with Gasteiger partial charge in [0.25, 0.3) is 0 Å². The van der Waals surface area contributed by atoms with Gasteiger partial charge in [-0.25, -0.2) is 0 Å². The molecule has 1 N–H and O–H groups in total. The van der Waals surface area contributed by atoms with E-state index < -0.39 is 0 Å². The molecule has 0 spiro atoms. The molecule has 1 aromatic heterocycles. The molecule has 10 rings (SSSR count). The maximum atomic E-state index is 5.31. The number of thioether (sulfide) groups is 1. The van der Waals surface area contributed by atoms with E-state index in [2.05, 4.69) is 168 Å². The molecule has 242 valence electrons. The van der Waals surface area contributed by atoms with Crippen LogP contribution in [0, 0.1) is 5.92 Å². The van der Waals surface area contributed by atoms with Crippen molar-refractivity contribution in [2.45, 2.75) is 41.5 Å². The van der Waals surface area contributed by atoms with Crippen molar-refractivity contribution in [1.82, 2.24) is 9.88 Å². The lowest BCUT2D eigenvalue weighted by atomic mass is 9.87. The third-order valence-corrected chi connectivity index (χ3v) is 12.2. The molecule has 3 nitrogen and oxygen atoms in total. The number of nitrogens with zero attached hydrogens (tertiary/aromatic N) is 2. The van der Waals surface area contributed by atoms with Crippen LogP contribution in [0.2, 0.25) is 0 Å². The topological polar surface area (TPSA) is 29.3 Å². The fraction of sp³-hybridized carbons (Fsp3) is 0.152. The van der Waals surface area contributed by atoms with Crippen molar-refractivity contribution in [2.75, 3.05) is 0 Å². The summed E-state index contributed by atoms with van der Waals surface area (Å²) >= 11 is 2.02. The summed E-state index contributed by atoms with van der Waals surface area (Å²) in [6.07, 6.45) is 23.9. The van der Waals surface area contributed by atoms with Gasteiger partial charge in [0.2, 0.25) is 0 Å². The number of aliphatic imine (C=N–C) groups is 1. The lowest BCUT2D eigenvalue weighted by Crippen LogP contribution is -2.31. The molecule has 4 atom stereocenters. The number of aromatic nitrogens is 1. The Labute approximate surface area is 297 Å². The molecule has 0 saturated carbocycles. The fourth-order valence-corrected chi connectivity index (χ4v) is 9.79. The number of hydrogen-bond acceptors (Lipinski definition) is 3. The van der Waals surface area contributed by atoms with Crippen LogP contribution in [0.4, 0.5) is 0 Å². The Hall–Kier alpha value is -5.32. The van der Waals surface area contributed by atoms with E-state index in [0.29, 0.717) is 11.2 Å². The van der Waals surface area contributed by atoms with E-state index in [4.69, 9.17) is 4.99 Å². The van der Waals surface area contributed by atoms with Crippen molar-refractivity contribution in [3.63, 3.8) is 0 Å². The Morgan fingerprint density at radius 2 is 1.60 bits per heavy atom. The molecule has 50 heavy (non-hydrogen) atoms. The maximum Gasteiger partial charge on any atom is 0.145 e. The van der Waals surface area contributed by atoms with Crippen molar-refractivity contribution in [2.24, 2.45) is 10.9 Å². The summed E-state index contributed by atoms with van der Waals surface area (Å²) in [6.45, 7) is 0. The summed E-state index contributed by atoms with van der Waals surface area (Å²) in [4.78, 5) is 6.71. The van der Waals surface area contributed by atoms with Crippen LogP contribution in [0.15, 0.2) is 173 Å². The van der Waals surface area contributed by atoms with Gasteiger partial charge in [0.1, 0.15) is 6.17 Å². The minimum Gasteiger partial charge on any atom is -0.363 e. The minimum atomic E-state index is -0.160. The van der Waals surface area contributed by atoms with Crippen LogP contribution in [0.3, 0.4) is 0 Å². The fourth-order valence-electron chi connectivity index (χ4n) is 8.34. The first kappa shape index (κ1) is 29.6. The highest BCUT2D eigenvalue weighted by Gasteiger charge is 2.38. The van der Waals surface area contributed by atoms with Crippen molar-refractivity contribution < 1.29 is 0 Å². The molecular weight excluding hydrogens is 627 g/mol. The van der Waals surface area contributed by atoms with Gasteiger partial charge in [-0.3, -0.25) is 4.99 Å². The number of para-hydroxylation sites is 1. The normalized spacial score (nSPS) is 23.3. The summed E-state index contributed by atoms with van der Waals surface area (Å²) in [5.41, 5.74) is 14.0. The summed E-state index contributed by atoms with van der Waals surface area (Å²) in [5.74, 6) is 0.578. The molecule has 0 fully saturated rings. The van der Waals surface area contributed by atoms with Gasteiger partial charge in [-0.1, -0.05) is 134 Å². The highest BCUT2D eigenvalue weighted by molar-refractivity contribution is 8.00. The zero-order chi connectivity index (χ0) is 33.0. The van der Waals surface area contributed by atoms with Gasteiger partial charge < -0.3 is 9.88 Å². The number of allylic oxidation sites excluding steroid dienone is 9. The highest BCUT2D eigenvalue weighted by atomic mass is 32.2. The van der Waals surface area contributed by atoms with Crippen molar-refractivity contribution >= 4 is 40.1 Å². The second-order valence-corrected chi connectivity index (χ2v) is 14.9. The quantitative estimate of drug-likeness (QED) is 0.203. The number of fused-ring (bicyclic) bond motifs is 6. The first-order valence-corrected chi connectivity index (χ1v) is 18.7. The van der Waals surface area contributed by atoms with Gasteiger partial charge in [-0.05, 0) is 65.0 Å². The molecule has 0 saturated heterocycles. The first-order valence-electron chi connectivity index (χ1n) is 17.8. The first-order chi connectivity index (χ1) is 24.8. The highest BCUT2D eigenvalue weighted by Crippen LogP contribution is 2.53. The molecule has 3 heterocycles. The van der Waals surface area contributed by atoms with Gasteiger partial charge in [0.15, 0.2) is 0 Å². The van der Waals surface area contributed by atoms with Crippen LogP contribution in [-0.2, 0) is 6.42 Å².